The molecular weight excluding hydrogens is 407 g/mol. The van der Waals surface area contributed by atoms with E-state index in [1.807, 2.05) is 37.3 Å². The van der Waals surface area contributed by atoms with Crippen LogP contribution < -0.4 is 10.6 Å². The number of H-pyrrole nitrogens is 1. The lowest BCUT2D eigenvalue weighted by Gasteiger charge is -2.16. The minimum Gasteiger partial charge on any atom is -0.320 e. The summed E-state index contributed by atoms with van der Waals surface area (Å²) in [6.45, 7) is 5.32. The second-order valence-electron chi connectivity index (χ2n) is 7.95. The molecule has 1 aromatic heterocycles. The fourth-order valence-corrected chi connectivity index (χ4v) is 3.70. The summed E-state index contributed by atoms with van der Waals surface area (Å²) >= 11 is 0. The Labute approximate surface area is 185 Å². The van der Waals surface area contributed by atoms with E-state index in [2.05, 4.69) is 27.4 Å². The molecule has 4 rings (SSSR count). The van der Waals surface area contributed by atoms with Gasteiger partial charge >= 0.3 is 0 Å². The molecule has 7 heteroatoms. The lowest BCUT2D eigenvalue weighted by molar-refractivity contribution is -0.117. The first kappa shape index (κ1) is 21.5. The Bertz CT molecular complexity index is 1170. The van der Waals surface area contributed by atoms with Gasteiger partial charge < -0.3 is 10.6 Å². The Morgan fingerprint density at radius 1 is 1.19 bits per heavy atom. The highest BCUT2D eigenvalue weighted by Gasteiger charge is 2.26. The summed E-state index contributed by atoms with van der Waals surface area (Å²) in [7, 11) is 0. The molecule has 1 aliphatic rings. The molecule has 1 heterocycles. The Hall–Kier alpha value is -3.74. The summed E-state index contributed by atoms with van der Waals surface area (Å²) in [5, 5.41) is 12.5. The van der Waals surface area contributed by atoms with Crippen molar-refractivity contribution >= 4 is 23.3 Å². The molecule has 32 heavy (non-hydrogen) atoms. The van der Waals surface area contributed by atoms with Crippen LogP contribution in [0, 0.1) is 5.82 Å². The van der Waals surface area contributed by atoms with Gasteiger partial charge in [-0.25, -0.2) is 4.39 Å². The van der Waals surface area contributed by atoms with Crippen molar-refractivity contribution in [1.82, 2.24) is 10.2 Å². The number of carbonyl (C=O) groups is 2. The summed E-state index contributed by atoms with van der Waals surface area (Å²) in [5.41, 5.74) is 3.42. The zero-order valence-electron chi connectivity index (χ0n) is 17.8. The van der Waals surface area contributed by atoms with Crippen LogP contribution in [0.3, 0.4) is 0 Å². The van der Waals surface area contributed by atoms with Gasteiger partial charge in [-0.1, -0.05) is 43.8 Å². The van der Waals surface area contributed by atoms with Gasteiger partial charge in [-0.15, -0.1) is 0 Å². The van der Waals surface area contributed by atoms with Gasteiger partial charge in [0.2, 0.25) is 11.8 Å². The van der Waals surface area contributed by atoms with Gasteiger partial charge in [0.1, 0.15) is 5.82 Å². The predicted octanol–water partition coefficient (Wildman–Crippen LogP) is 5.35. The van der Waals surface area contributed by atoms with Crippen LogP contribution in [0.4, 0.5) is 15.9 Å². The summed E-state index contributed by atoms with van der Waals surface area (Å²) in [6, 6.07) is 14.0. The molecule has 0 bridgehead atoms. The summed E-state index contributed by atoms with van der Waals surface area (Å²) in [4.78, 5) is 24.4. The minimum absolute atomic E-state index is 0.0881. The molecule has 1 fully saturated rings. The van der Waals surface area contributed by atoms with Crippen molar-refractivity contribution in [3.8, 4) is 11.1 Å². The van der Waals surface area contributed by atoms with E-state index in [0.29, 0.717) is 23.7 Å². The number of rotatable bonds is 8. The lowest BCUT2D eigenvalue weighted by Crippen LogP contribution is -2.21. The summed E-state index contributed by atoms with van der Waals surface area (Å²) in [5.74, 6) is -0.455. The smallest absolute Gasteiger partial charge is 0.247 e. The third-order valence-electron chi connectivity index (χ3n) is 5.63. The monoisotopic (exact) mass is 432 g/mol. The molecule has 1 atom stereocenters. The number of carbonyl (C=O) groups excluding carboxylic acids is 2. The van der Waals surface area contributed by atoms with Crippen LogP contribution in [-0.2, 0) is 9.59 Å². The van der Waals surface area contributed by atoms with Crippen molar-refractivity contribution in [2.45, 2.75) is 38.0 Å². The lowest BCUT2D eigenvalue weighted by atomic mass is 9.92. The molecule has 3 aromatic rings. The minimum atomic E-state index is -0.544. The van der Waals surface area contributed by atoms with Crippen molar-refractivity contribution in [2.24, 2.45) is 0 Å². The van der Waals surface area contributed by atoms with Crippen molar-refractivity contribution in [3.05, 3.63) is 78.3 Å². The molecule has 0 spiro atoms. The first-order chi connectivity index (χ1) is 15.5. The van der Waals surface area contributed by atoms with E-state index in [0.717, 1.165) is 35.7 Å². The molecular formula is C25H25FN4O2. The van der Waals surface area contributed by atoms with E-state index in [-0.39, 0.29) is 17.5 Å². The largest absolute Gasteiger partial charge is 0.320 e. The second-order valence-corrected chi connectivity index (χ2v) is 7.95. The summed E-state index contributed by atoms with van der Waals surface area (Å²) < 4.78 is 14.5. The number of nitrogens with zero attached hydrogens (tertiary/aromatic N) is 1. The fraction of sp³-hybridized carbons (Fsp3) is 0.240. The number of hydrogen-bond donors (Lipinski definition) is 3. The van der Waals surface area contributed by atoms with Crippen molar-refractivity contribution in [3.63, 3.8) is 0 Å². The molecule has 0 saturated heterocycles. The third kappa shape index (κ3) is 4.77. The van der Waals surface area contributed by atoms with E-state index in [4.69, 9.17) is 0 Å². The van der Waals surface area contributed by atoms with E-state index < -0.39 is 11.7 Å². The Balaban J connectivity index is 1.52. The van der Waals surface area contributed by atoms with Crippen molar-refractivity contribution < 1.29 is 14.0 Å². The van der Waals surface area contributed by atoms with Crippen LogP contribution in [0.5, 0.6) is 0 Å². The van der Waals surface area contributed by atoms with Gasteiger partial charge in [0.05, 0.1) is 11.6 Å². The number of hydrogen-bond acceptors (Lipinski definition) is 3. The number of aromatic nitrogens is 2. The van der Waals surface area contributed by atoms with Crippen molar-refractivity contribution in [2.75, 3.05) is 10.6 Å². The molecule has 3 N–H and O–H groups in total. The van der Waals surface area contributed by atoms with Crippen LogP contribution in [0.2, 0.25) is 0 Å². The molecule has 2 aromatic carbocycles. The normalized spacial score (nSPS) is 13.9. The molecule has 2 amide bonds. The van der Waals surface area contributed by atoms with E-state index >= 15 is 0 Å². The number of amides is 2. The molecule has 0 radical (unpaired) electrons. The van der Waals surface area contributed by atoms with Crippen LogP contribution >= 0.6 is 0 Å². The molecule has 6 nitrogen and oxygen atoms in total. The molecule has 1 unspecified atom stereocenters. The number of benzene rings is 2. The quantitative estimate of drug-likeness (QED) is 0.419. The van der Waals surface area contributed by atoms with Crippen molar-refractivity contribution in [1.29, 1.82) is 0 Å². The maximum atomic E-state index is 14.5. The molecule has 1 saturated carbocycles. The number of nitrogens with one attached hydrogen (secondary N) is 3. The SMILES string of the molecule is C=CC(=O)Nc1ccc(-c2cccc(C(CC)C(=O)Nc3cc(C4CC4)[nH]n3)c2)cc1F. The first-order valence-corrected chi connectivity index (χ1v) is 10.7. The number of halogens is 1. The van der Waals surface area contributed by atoms with Crippen LogP contribution in [0.1, 0.15) is 49.3 Å². The first-order valence-electron chi connectivity index (χ1n) is 10.7. The van der Waals surface area contributed by atoms with Gasteiger partial charge in [-0.05, 0) is 54.2 Å². The third-order valence-corrected chi connectivity index (χ3v) is 5.63. The molecule has 164 valence electrons. The maximum absolute atomic E-state index is 14.5. The van der Waals surface area contributed by atoms with Gasteiger partial charge in [-0.3, -0.25) is 14.7 Å². The van der Waals surface area contributed by atoms with Gasteiger partial charge in [-0.2, -0.15) is 5.10 Å². The molecule has 1 aliphatic carbocycles. The average Bonchev–Trinajstić information content (AvgIpc) is 3.55. The Kier molecular flexibility index (Phi) is 6.16. The fourth-order valence-electron chi connectivity index (χ4n) is 3.70. The van der Waals surface area contributed by atoms with Crippen LogP contribution in [0.25, 0.3) is 11.1 Å². The highest BCUT2D eigenvalue weighted by molar-refractivity contribution is 5.99. The van der Waals surface area contributed by atoms with E-state index in [1.165, 1.54) is 12.1 Å². The van der Waals surface area contributed by atoms with Gasteiger partial charge in [0.15, 0.2) is 5.82 Å². The Morgan fingerprint density at radius 3 is 2.66 bits per heavy atom. The standard InChI is InChI=1S/C25H25FN4O2/c1-3-19(25(32)28-23-14-22(29-30-23)15-8-9-15)18-7-5-6-16(12-18)17-10-11-21(20(26)13-17)27-24(31)4-2/h4-7,10-15,19H,2-3,8-9H2,1H3,(H,27,31)(H2,28,29,30,32). The van der Waals surface area contributed by atoms with Crippen LogP contribution in [0.15, 0.2) is 61.2 Å². The average molecular weight is 432 g/mol. The topological polar surface area (TPSA) is 86.9 Å². The van der Waals surface area contributed by atoms with Gasteiger partial charge in [0.25, 0.3) is 0 Å². The Morgan fingerprint density at radius 2 is 1.97 bits per heavy atom. The predicted molar refractivity (Wildman–Crippen MR) is 123 cm³/mol. The zero-order chi connectivity index (χ0) is 22.7. The second kappa shape index (κ2) is 9.18. The maximum Gasteiger partial charge on any atom is 0.247 e. The molecule has 0 aliphatic heterocycles. The van der Waals surface area contributed by atoms with Gasteiger partial charge in [0, 0.05) is 17.7 Å². The highest BCUT2D eigenvalue weighted by Crippen LogP contribution is 2.39. The number of aromatic amines is 1. The summed E-state index contributed by atoms with van der Waals surface area (Å²) in [6.07, 6.45) is 4.00. The zero-order valence-corrected chi connectivity index (χ0v) is 17.8. The van der Waals surface area contributed by atoms with E-state index in [9.17, 15) is 14.0 Å². The number of anilines is 2. The highest BCUT2D eigenvalue weighted by atomic mass is 19.1. The van der Waals surface area contributed by atoms with E-state index in [1.54, 1.807) is 6.07 Å². The van der Waals surface area contributed by atoms with Crippen LogP contribution in [-0.4, -0.2) is 22.0 Å².